The highest BCUT2D eigenvalue weighted by Gasteiger charge is 2.18. The van der Waals surface area contributed by atoms with Gasteiger partial charge in [0.25, 0.3) is 0 Å². The molecule has 0 spiro atoms. The third-order valence-electron chi connectivity index (χ3n) is 1.54. The molecule has 0 saturated heterocycles. The van der Waals surface area contributed by atoms with Gasteiger partial charge in [-0.25, -0.2) is 5.01 Å². The summed E-state index contributed by atoms with van der Waals surface area (Å²) in [5.41, 5.74) is 3.86. The molecule has 1 atom stereocenters. The summed E-state index contributed by atoms with van der Waals surface area (Å²) in [6.07, 6.45) is 0. The topological polar surface area (TPSA) is 15.6 Å². The fraction of sp³-hybridized carbons (Fsp3) is 0.125. The summed E-state index contributed by atoms with van der Waals surface area (Å²) in [6, 6.07) is 9.94. The first kappa shape index (κ1) is 8.01. The lowest BCUT2D eigenvalue weighted by Gasteiger charge is -2.17. The van der Waals surface area contributed by atoms with E-state index in [-0.39, 0.29) is 4.71 Å². The zero-order valence-electron chi connectivity index (χ0n) is 6.21. The molecule has 1 aromatic carbocycles. The van der Waals surface area contributed by atoms with E-state index in [1.807, 2.05) is 35.3 Å². The fourth-order valence-corrected chi connectivity index (χ4v) is 1.80. The van der Waals surface area contributed by atoms with Crippen LogP contribution in [0.4, 0.5) is 5.69 Å². The number of hydrazone groups is 1. The summed E-state index contributed by atoms with van der Waals surface area (Å²) >= 11 is 5.81. The highest BCUT2D eigenvalue weighted by molar-refractivity contribution is 8.20. The smallest absolute Gasteiger partial charge is 0.154 e. The molecule has 61 valence electrons. The third kappa shape index (κ3) is 1.44. The fourth-order valence-electron chi connectivity index (χ4n) is 0.980. The molecule has 1 aromatic rings. The predicted molar refractivity (Wildman–Crippen MR) is 56.7 cm³/mol. The molecule has 1 unspecified atom stereocenters. The molecule has 0 aromatic heterocycles. The van der Waals surface area contributed by atoms with Gasteiger partial charge >= 0.3 is 0 Å². The van der Waals surface area contributed by atoms with Crippen LogP contribution in [0.2, 0.25) is 0 Å². The Hall–Kier alpha value is -0.610. The van der Waals surface area contributed by atoms with Crippen LogP contribution in [0.1, 0.15) is 0 Å². The summed E-state index contributed by atoms with van der Waals surface area (Å²) in [7, 11) is 0. The number of thiol groups is 1. The number of anilines is 1. The number of benzene rings is 1. The maximum atomic E-state index is 4.33. The summed E-state index contributed by atoms with van der Waals surface area (Å²) in [5.74, 6) is 0. The third-order valence-corrected chi connectivity index (χ3v) is 2.67. The summed E-state index contributed by atoms with van der Waals surface area (Å²) in [6.45, 7) is 0. The predicted octanol–water partition coefficient (Wildman–Crippen LogP) is 2.27. The van der Waals surface area contributed by atoms with Gasteiger partial charge in [0, 0.05) is 0 Å². The molecule has 1 aliphatic heterocycles. The van der Waals surface area contributed by atoms with Crippen molar-refractivity contribution >= 4 is 35.6 Å². The Bertz CT molecular complexity index is 286. The number of hydrogen-bond acceptors (Lipinski definition) is 4. The van der Waals surface area contributed by atoms with Crippen molar-refractivity contribution in [2.75, 3.05) is 5.01 Å². The molecule has 0 N–H and O–H groups in total. The second-order valence-corrected chi connectivity index (χ2v) is 4.02. The van der Waals surface area contributed by atoms with Crippen molar-refractivity contribution in [3.8, 4) is 0 Å². The van der Waals surface area contributed by atoms with Crippen LogP contribution in [-0.4, -0.2) is 10.3 Å². The van der Waals surface area contributed by atoms with Gasteiger partial charge in [0.15, 0.2) is 5.55 Å². The first-order valence-electron chi connectivity index (χ1n) is 3.51. The standard InChI is InChI=1S/C8H7N2S2/c11-8-10(9-6-12-8)7-4-2-1-3-5-7/h1-5,8,11H. The number of nitrogens with zero attached hydrogens (tertiary/aromatic N) is 2. The van der Waals surface area contributed by atoms with E-state index in [0.717, 1.165) is 5.69 Å². The van der Waals surface area contributed by atoms with Crippen LogP contribution in [0.5, 0.6) is 0 Å². The van der Waals surface area contributed by atoms with Crippen molar-refractivity contribution in [2.24, 2.45) is 5.10 Å². The minimum absolute atomic E-state index is 0.0624. The highest BCUT2D eigenvalue weighted by atomic mass is 32.2. The zero-order valence-corrected chi connectivity index (χ0v) is 7.92. The van der Waals surface area contributed by atoms with E-state index in [0.29, 0.717) is 0 Å². The molecule has 1 aliphatic rings. The van der Waals surface area contributed by atoms with Crippen molar-refractivity contribution in [3.63, 3.8) is 0 Å². The summed E-state index contributed by atoms with van der Waals surface area (Å²) in [4.78, 5) is 0. The average molecular weight is 195 g/mol. The van der Waals surface area contributed by atoms with E-state index >= 15 is 0 Å². The Morgan fingerprint density at radius 2 is 2.17 bits per heavy atom. The SMILES string of the molecule is SC1S[C]=NN1c1ccccc1. The van der Waals surface area contributed by atoms with Crippen molar-refractivity contribution in [2.45, 2.75) is 4.71 Å². The van der Waals surface area contributed by atoms with Gasteiger partial charge in [-0.05, 0) is 12.1 Å². The number of hydrogen-bond donors (Lipinski definition) is 1. The Morgan fingerprint density at radius 3 is 2.75 bits per heavy atom. The van der Waals surface area contributed by atoms with Crippen LogP contribution >= 0.6 is 24.4 Å². The van der Waals surface area contributed by atoms with Gasteiger partial charge in [0.05, 0.1) is 5.69 Å². The second kappa shape index (κ2) is 3.41. The molecule has 0 fully saturated rings. The molecule has 2 rings (SSSR count). The quantitative estimate of drug-likeness (QED) is 0.692. The van der Waals surface area contributed by atoms with E-state index in [1.165, 1.54) is 11.8 Å². The molecule has 0 aliphatic carbocycles. The molecule has 0 saturated carbocycles. The van der Waals surface area contributed by atoms with Crippen LogP contribution in [0.3, 0.4) is 0 Å². The van der Waals surface area contributed by atoms with E-state index < -0.39 is 0 Å². The van der Waals surface area contributed by atoms with Gasteiger partial charge in [0.2, 0.25) is 0 Å². The lowest BCUT2D eigenvalue weighted by Crippen LogP contribution is -2.17. The van der Waals surface area contributed by atoms with Gasteiger partial charge in [-0.15, -0.1) is 12.6 Å². The lowest BCUT2D eigenvalue weighted by molar-refractivity contribution is 0.982. The minimum Gasteiger partial charge on any atom is -0.241 e. The molecule has 1 radical (unpaired) electrons. The normalized spacial score (nSPS) is 21.8. The summed E-state index contributed by atoms with van der Waals surface area (Å²) < 4.78 is 0.0624. The van der Waals surface area contributed by atoms with Crippen molar-refractivity contribution in [3.05, 3.63) is 30.3 Å². The Balaban J connectivity index is 2.25. The molecule has 0 amide bonds. The second-order valence-electron chi connectivity index (χ2n) is 2.32. The molecule has 4 heteroatoms. The van der Waals surface area contributed by atoms with Gasteiger partial charge in [0.1, 0.15) is 4.71 Å². The van der Waals surface area contributed by atoms with E-state index in [2.05, 4.69) is 23.3 Å². The lowest BCUT2D eigenvalue weighted by atomic mass is 10.3. The van der Waals surface area contributed by atoms with E-state index in [9.17, 15) is 0 Å². The number of rotatable bonds is 1. The monoisotopic (exact) mass is 195 g/mol. The Kier molecular flexibility index (Phi) is 2.28. The highest BCUT2D eigenvalue weighted by Crippen LogP contribution is 2.29. The first-order chi connectivity index (χ1) is 5.88. The molecule has 1 heterocycles. The van der Waals surface area contributed by atoms with Gasteiger partial charge in [-0.1, -0.05) is 30.0 Å². The van der Waals surface area contributed by atoms with E-state index in [1.54, 1.807) is 0 Å². The van der Waals surface area contributed by atoms with Crippen LogP contribution < -0.4 is 5.01 Å². The Labute approximate surface area is 81.1 Å². The maximum Gasteiger partial charge on any atom is 0.154 e. The molecule has 2 nitrogen and oxygen atoms in total. The zero-order chi connectivity index (χ0) is 8.39. The maximum absolute atomic E-state index is 4.33. The molecule has 12 heavy (non-hydrogen) atoms. The minimum atomic E-state index is 0.0624. The van der Waals surface area contributed by atoms with Gasteiger partial charge < -0.3 is 0 Å². The van der Waals surface area contributed by atoms with Crippen LogP contribution in [0, 0.1) is 0 Å². The van der Waals surface area contributed by atoms with Crippen molar-refractivity contribution in [1.29, 1.82) is 0 Å². The van der Waals surface area contributed by atoms with Gasteiger partial charge in [-0.2, -0.15) is 5.10 Å². The number of para-hydroxylation sites is 1. The molecule has 0 bridgehead atoms. The van der Waals surface area contributed by atoms with Crippen molar-refractivity contribution in [1.82, 2.24) is 0 Å². The molecular formula is C8H7N2S2. The van der Waals surface area contributed by atoms with Crippen LogP contribution in [0.25, 0.3) is 0 Å². The largest absolute Gasteiger partial charge is 0.241 e. The first-order valence-corrected chi connectivity index (χ1v) is 4.91. The van der Waals surface area contributed by atoms with Crippen LogP contribution in [0.15, 0.2) is 35.4 Å². The van der Waals surface area contributed by atoms with Crippen molar-refractivity contribution < 1.29 is 0 Å². The van der Waals surface area contributed by atoms with Crippen LogP contribution in [-0.2, 0) is 0 Å². The molecular weight excluding hydrogens is 188 g/mol. The van der Waals surface area contributed by atoms with E-state index in [4.69, 9.17) is 0 Å². The Morgan fingerprint density at radius 1 is 1.42 bits per heavy atom. The van der Waals surface area contributed by atoms with Gasteiger partial charge in [-0.3, -0.25) is 0 Å². The number of thioether (sulfide) groups is 1. The summed E-state index contributed by atoms with van der Waals surface area (Å²) in [5, 5.41) is 5.88. The average Bonchev–Trinajstić information content (AvgIpc) is 2.53.